The van der Waals surface area contributed by atoms with Gasteiger partial charge in [-0.25, -0.2) is 9.57 Å². The van der Waals surface area contributed by atoms with E-state index in [1.165, 1.54) is 5.01 Å². The van der Waals surface area contributed by atoms with E-state index in [1.807, 2.05) is 13.8 Å². The molecule has 1 unspecified atom stereocenters. The molecule has 0 aromatic carbocycles. The molecule has 0 fully saturated rings. The minimum Gasteiger partial charge on any atom is -0.312 e. The molecule has 1 atom stereocenters. The third kappa shape index (κ3) is 10.0. The Bertz CT molecular complexity index is 264. The Labute approximate surface area is 125 Å². The van der Waals surface area contributed by atoms with Crippen LogP contribution in [0.1, 0.15) is 13.8 Å². The van der Waals surface area contributed by atoms with Crippen molar-refractivity contribution in [3.63, 3.8) is 0 Å². The second-order valence-corrected chi connectivity index (χ2v) is 6.10. The molecule has 0 heterocycles. The number of hydrogen-bond acceptors (Lipinski definition) is 4. The molecule has 2 N–H and O–H groups in total. The summed E-state index contributed by atoms with van der Waals surface area (Å²) in [5, 5.41) is 3.94. The lowest BCUT2D eigenvalue weighted by Gasteiger charge is -2.25. The number of nitrogens with one attached hydrogen (secondary N) is 1. The van der Waals surface area contributed by atoms with E-state index in [0.29, 0.717) is 31.4 Å². The minimum atomic E-state index is -3.85. The lowest BCUT2D eigenvalue weighted by atomic mass is 10.5. The molecule has 0 bridgehead atoms. The van der Waals surface area contributed by atoms with Gasteiger partial charge in [0.2, 0.25) is 0 Å². The molecular weight excluding hydrogens is 312 g/mol. The van der Waals surface area contributed by atoms with Gasteiger partial charge in [0.25, 0.3) is 0 Å². The summed E-state index contributed by atoms with van der Waals surface area (Å²) in [5.74, 6) is 0.673. The smallest absolute Gasteiger partial charge is 0.312 e. The maximum atomic E-state index is 11.8. The summed E-state index contributed by atoms with van der Waals surface area (Å²) in [7, 11) is -3.85. The fourth-order valence-electron chi connectivity index (χ4n) is 1.46. The quantitative estimate of drug-likeness (QED) is 0.321. The van der Waals surface area contributed by atoms with Crippen LogP contribution in [0.4, 0.5) is 0 Å². The van der Waals surface area contributed by atoms with Crippen LogP contribution in [-0.4, -0.2) is 65.9 Å². The maximum Gasteiger partial charge on any atom is 0.416 e. The maximum absolute atomic E-state index is 11.8. The van der Waals surface area contributed by atoms with E-state index in [9.17, 15) is 9.46 Å². The Morgan fingerprint density at radius 2 is 1.68 bits per heavy atom. The van der Waals surface area contributed by atoms with Gasteiger partial charge in [0.05, 0.1) is 6.61 Å². The minimum absolute atomic E-state index is 0.193. The predicted octanol–water partition coefficient (Wildman–Crippen LogP) is 1.73. The van der Waals surface area contributed by atoms with Crippen molar-refractivity contribution < 1.29 is 14.0 Å². The van der Waals surface area contributed by atoms with Crippen molar-refractivity contribution in [2.24, 2.45) is 0 Å². The van der Waals surface area contributed by atoms with Crippen molar-refractivity contribution in [1.29, 1.82) is 0 Å². The van der Waals surface area contributed by atoms with Gasteiger partial charge in [0.1, 0.15) is 0 Å². The highest BCUT2D eigenvalue weighted by Crippen LogP contribution is 2.36. The summed E-state index contributed by atoms with van der Waals surface area (Å²) < 4.78 is 16.8. The van der Waals surface area contributed by atoms with E-state index in [1.54, 1.807) is 0 Å². The lowest BCUT2D eigenvalue weighted by Crippen LogP contribution is -2.39. The topological polar surface area (TPSA) is 65.0 Å². The number of hydrazine groups is 1. The van der Waals surface area contributed by atoms with Gasteiger partial charge in [-0.2, -0.15) is 5.20 Å². The molecule has 9 heteroatoms. The molecule has 0 amide bonds. The van der Waals surface area contributed by atoms with Gasteiger partial charge in [-0.05, 0) is 13.1 Å². The molecule has 116 valence electrons. The van der Waals surface area contributed by atoms with E-state index < -0.39 is 7.75 Å². The van der Waals surface area contributed by atoms with E-state index in [-0.39, 0.29) is 6.61 Å². The zero-order chi connectivity index (χ0) is 14.7. The monoisotopic (exact) mass is 335 g/mol. The van der Waals surface area contributed by atoms with Gasteiger partial charge in [0, 0.05) is 31.4 Å². The molecule has 0 aliphatic rings. The summed E-state index contributed by atoms with van der Waals surface area (Å²) in [6, 6.07) is 0. The van der Waals surface area contributed by atoms with Crippen LogP contribution in [-0.2, 0) is 9.09 Å². The summed E-state index contributed by atoms with van der Waals surface area (Å²) in [6.45, 7) is 7.46. The fraction of sp³-hybridized carbons (Fsp3) is 1.00. The van der Waals surface area contributed by atoms with Crippen LogP contribution in [0.3, 0.4) is 0 Å². The number of nitrogens with zero attached hydrogens (tertiary/aromatic N) is 2. The van der Waals surface area contributed by atoms with Crippen LogP contribution in [0, 0.1) is 0 Å². The molecule has 0 aromatic rings. The van der Waals surface area contributed by atoms with E-state index >= 15 is 0 Å². The summed E-state index contributed by atoms with van der Waals surface area (Å²) >= 11 is 11.2. The molecule has 0 aliphatic carbocycles. The van der Waals surface area contributed by atoms with Crippen LogP contribution < -0.4 is 5.20 Å². The first-order valence-corrected chi connectivity index (χ1v) is 8.98. The average Bonchev–Trinajstić information content (AvgIpc) is 2.35. The molecule has 0 aromatic heterocycles. The van der Waals surface area contributed by atoms with Gasteiger partial charge in [-0.1, -0.05) is 13.8 Å². The van der Waals surface area contributed by atoms with Crippen LogP contribution in [0.25, 0.3) is 0 Å². The average molecular weight is 336 g/mol. The summed E-state index contributed by atoms with van der Waals surface area (Å²) in [5.41, 5.74) is 0. The van der Waals surface area contributed by atoms with Crippen molar-refractivity contribution >= 4 is 30.9 Å². The third-order valence-electron chi connectivity index (χ3n) is 2.54. The van der Waals surface area contributed by atoms with Crippen molar-refractivity contribution in [2.75, 3.05) is 51.1 Å². The standard InChI is InChI=1S/C10H24Cl2N3O3P/c1-3-14(4-2)9-10-18-19(16,17)13-15(7-5-11)8-6-12/h3-10H2,1-2H3,(H2,13,16,17). The molecule has 0 spiro atoms. The van der Waals surface area contributed by atoms with Crippen molar-refractivity contribution in [1.82, 2.24) is 15.1 Å². The second-order valence-electron chi connectivity index (χ2n) is 3.85. The predicted molar refractivity (Wildman–Crippen MR) is 79.7 cm³/mol. The lowest BCUT2D eigenvalue weighted by molar-refractivity contribution is 0.168. The van der Waals surface area contributed by atoms with Crippen LogP contribution in [0.15, 0.2) is 0 Å². The van der Waals surface area contributed by atoms with Crippen molar-refractivity contribution in [3.05, 3.63) is 0 Å². The highest BCUT2D eigenvalue weighted by Gasteiger charge is 2.22. The normalized spacial score (nSPS) is 15.1. The van der Waals surface area contributed by atoms with Crippen LogP contribution in [0.5, 0.6) is 0 Å². The van der Waals surface area contributed by atoms with Gasteiger partial charge in [-0.15, -0.1) is 23.2 Å². The van der Waals surface area contributed by atoms with E-state index in [4.69, 9.17) is 27.7 Å². The van der Waals surface area contributed by atoms with Crippen LogP contribution >= 0.6 is 30.9 Å². The Morgan fingerprint density at radius 3 is 2.11 bits per heavy atom. The fourth-order valence-corrected chi connectivity index (χ4v) is 2.81. The van der Waals surface area contributed by atoms with Gasteiger partial charge in [-0.3, -0.25) is 4.52 Å². The molecule has 0 saturated heterocycles. The molecule has 6 nitrogen and oxygen atoms in total. The molecular formula is C10H24Cl2N3O3P. The number of alkyl halides is 2. The molecule has 0 aliphatic heterocycles. The molecule has 0 rings (SSSR count). The van der Waals surface area contributed by atoms with Gasteiger partial charge >= 0.3 is 7.75 Å². The Balaban J connectivity index is 4.10. The SMILES string of the molecule is CCN(CC)CCOP(=O)(O)NN(CCCl)CCCl. The first kappa shape index (κ1) is 19.6. The van der Waals surface area contributed by atoms with Gasteiger partial charge in [0.15, 0.2) is 0 Å². The summed E-state index contributed by atoms with van der Waals surface area (Å²) in [6.07, 6.45) is 0. The Hall–Kier alpha value is 0.610. The zero-order valence-corrected chi connectivity index (χ0v) is 13.9. The summed E-state index contributed by atoms with van der Waals surface area (Å²) in [4.78, 5) is 11.8. The third-order valence-corrected chi connectivity index (χ3v) is 3.95. The molecule has 0 saturated carbocycles. The van der Waals surface area contributed by atoms with Gasteiger partial charge < -0.3 is 9.79 Å². The van der Waals surface area contributed by atoms with Crippen molar-refractivity contribution in [3.8, 4) is 0 Å². The highest BCUT2D eigenvalue weighted by atomic mass is 35.5. The second kappa shape index (κ2) is 11.3. The first-order valence-electron chi connectivity index (χ1n) is 6.33. The highest BCUT2D eigenvalue weighted by molar-refractivity contribution is 7.50. The van der Waals surface area contributed by atoms with E-state index in [2.05, 4.69) is 10.1 Å². The zero-order valence-electron chi connectivity index (χ0n) is 11.5. The number of hydrogen-bond donors (Lipinski definition) is 2. The molecule has 19 heavy (non-hydrogen) atoms. The van der Waals surface area contributed by atoms with Crippen LogP contribution in [0.2, 0.25) is 0 Å². The first-order chi connectivity index (χ1) is 8.99. The van der Waals surface area contributed by atoms with E-state index in [0.717, 1.165) is 13.1 Å². The molecule has 0 radical (unpaired) electrons. The Kier molecular flexibility index (Phi) is 11.7. The largest absolute Gasteiger partial charge is 0.416 e. The Morgan fingerprint density at radius 1 is 1.16 bits per heavy atom. The number of rotatable bonds is 12. The van der Waals surface area contributed by atoms with Crippen molar-refractivity contribution in [2.45, 2.75) is 13.8 Å². The number of likely N-dealkylation sites (N-methyl/N-ethyl adjacent to an activating group) is 1. The number of halogens is 2.